The predicted octanol–water partition coefficient (Wildman–Crippen LogP) is 2.96. The largest absolute Gasteiger partial charge is 0.490 e. The van der Waals surface area contributed by atoms with Crippen LogP contribution < -0.4 is 4.74 Å². The summed E-state index contributed by atoms with van der Waals surface area (Å²) in [6.45, 7) is 1.46. The molecular formula is C13H11NO4. The van der Waals surface area contributed by atoms with E-state index in [1.54, 1.807) is 24.3 Å². The Kier molecular flexibility index (Phi) is 2.97. The lowest BCUT2D eigenvalue weighted by Gasteiger charge is -2.06. The van der Waals surface area contributed by atoms with Crippen molar-refractivity contribution in [1.29, 1.82) is 0 Å². The smallest absolute Gasteiger partial charge is 0.318 e. The van der Waals surface area contributed by atoms with Gasteiger partial charge in [-0.2, -0.15) is 0 Å². The summed E-state index contributed by atoms with van der Waals surface area (Å²) in [5.41, 5.74) is 0.451. The van der Waals surface area contributed by atoms with Gasteiger partial charge in [0.25, 0.3) is 0 Å². The number of hydrogen-bond acceptors (Lipinski definition) is 4. The highest BCUT2D eigenvalue weighted by Crippen LogP contribution is 2.35. The van der Waals surface area contributed by atoms with Gasteiger partial charge in [0.15, 0.2) is 11.5 Å². The fourth-order valence-corrected chi connectivity index (χ4v) is 1.87. The monoisotopic (exact) mass is 245 g/mol. The van der Waals surface area contributed by atoms with E-state index in [1.807, 2.05) is 0 Å². The molecule has 0 N–H and O–H groups in total. The topological polar surface area (TPSA) is 69.4 Å². The number of Topliss-reactive ketones (excluding diaryl/α,β-unsaturated/α-hetero) is 1. The quantitative estimate of drug-likeness (QED) is 0.473. The lowest BCUT2D eigenvalue weighted by molar-refractivity contribution is -0.383. The van der Waals surface area contributed by atoms with Crippen LogP contribution in [0.2, 0.25) is 0 Å². The minimum atomic E-state index is -0.478. The number of ether oxygens (including phenoxy) is 1. The Labute approximate surface area is 103 Å². The first kappa shape index (κ1) is 12.0. The number of nitrogens with zero attached hydrogens (tertiary/aromatic N) is 1. The van der Waals surface area contributed by atoms with Gasteiger partial charge < -0.3 is 4.74 Å². The Bertz CT molecular complexity index is 649. The molecule has 0 fully saturated rings. The van der Waals surface area contributed by atoms with E-state index in [1.165, 1.54) is 20.1 Å². The Balaban J connectivity index is 2.78. The van der Waals surface area contributed by atoms with Crippen LogP contribution in [-0.4, -0.2) is 17.8 Å². The van der Waals surface area contributed by atoms with E-state index in [4.69, 9.17) is 4.74 Å². The zero-order valence-corrected chi connectivity index (χ0v) is 9.97. The summed E-state index contributed by atoms with van der Waals surface area (Å²) in [5.74, 6) is 0.137. The second-order valence-corrected chi connectivity index (χ2v) is 3.87. The minimum Gasteiger partial charge on any atom is -0.490 e. The van der Waals surface area contributed by atoms with Crippen LogP contribution >= 0.6 is 0 Å². The van der Waals surface area contributed by atoms with Gasteiger partial charge in [-0.3, -0.25) is 14.9 Å². The van der Waals surface area contributed by atoms with E-state index in [2.05, 4.69) is 0 Å². The van der Waals surface area contributed by atoms with Crippen LogP contribution in [0.3, 0.4) is 0 Å². The van der Waals surface area contributed by atoms with E-state index in [0.29, 0.717) is 16.3 Å². The van der Waals surface area contributed by atoms with Crippen molar-refractivity contribution in [2.75, 3.05) is 7.11 Å². The van der Waals surface area contributed by atoms with Crippen molar-refractivity contribution in [3.8, 4) is 5.75 Å². The molecule has 0 saturated carbocycles. The molecule has 0 amide bonds. The number of rotatable bonds is 3. The molecule has 18 heavy (non-hydrogen) atoms. The molecule has 0 aliphatic rings. The molecule has 2 aromatic carbocycles. The number of carbonyl (C=O) groups is 1. The van der Waals surface area contributed by atoms with Crippen LogP contribution in [0.5, 0.6) is 5.75 Å². The van der Waals surface area contributed by atoms with Gasteiger partial charge in [-0.15, -0.1) is 0 Å². The molecular weight excluding hydrogens is 234 g/mol. The van der Waals surface area contributed by atoms with Crippen LogP contribution in [0, 0.1) is 10.1 Å². The third-order valence-electron chi connectivity index (χ3n) is 2.76. The average molecular weight is 245 g/mol. The van der Waals surface area contributed by atoms with Gasteiger partial charge in [-0.05, 0) is 30.5 Å². The number of nitro groups is 1. The van der Waals surface area contributed by atoms with Crippen molar-refractivity contribution in [3.05, 3.63) is 46.0 Å². The average Bonchev–Trinajstić information content (AvgIpc) is 2.36. The Morgan fingerprint density at radius 3 is 2.56 bits per heavy atom. The van der Waals surface area contributed by atoms with Crippen LogP contribution in [0.1, 0.15) is 17.3 Å². The maximum Gasteiger partial charge on any atom is 0.318 e. The number of ketones is 1. The first-order chi connectivity index (χ1) is 8.54. The van der Waals surface area contributed by atoms with Gasteiger partial charge in [0.1, 0.15) is 0 Å². The molecule has 0 radical (unpaired) electrons. The Morgan fingerprint density at radius 2 is 2.00 bits per heavy atom. The summed E-state index contributed by atoms with van der Waals surface area (Å²) in [6, 6.07) is 8.03. The number of nitro benzene ring substituents is 1. The molecule has 0 spiro atoms. The fourth-order valence-electron chi connectivity index (χ4n) is 1.87. The van der Waals surface area contributed by atoms with E-state index in [9.17, 15) is 14.9 Å². The first-order valence-corrected chi connectivity index (χ1v) is 5.30. The zero-order valence-electron chi connectivity index (χ0n) is 9.97. The van der Waals surface area contributed by atoms with E-state index >= 15 is 0 Å². The molecule has 0 heterocycles. The molecule has 2 rings (SSSR count). The van der Waals surface area contributed by atoms with Gasteiger partial charge in [-0.25, -0.2) is 0 Å². The van der Waals surface area contributed by atoms with E-state index in [-0.39, 0.29) is 17.2 Å². The molecule has 0 aliphatic carbocycles. The Hall–Kier alpha value is -2.43. The summed E-state index contributed by atoms with van der Waals surface area (Å²) in [7, 11) is 1.39. The third kappa shape index (κ3) is 1.90. The number of carbonyl (C=O) groups excluding carboxylic acids is 1. The number of benzene rings is 2. The van der Waals surface area contributed by atoms with E-state index < -0.39 is 4.92 Å². The third-order valence-corrected chi connectivity index (χ3v) is 2.76. The highest BCUT2D eigenvalue weighted by Gasteiger charge is 2.19. The van der Waals surface area contributed by atoms with Gasteiger partial charge in [0.05, 0.1) is 17.4 Å². The van der Waals surface area contributed by atoms with Crippen molar-refractivity contribution >= 4 is 22.2 Å². The molecule has 92 valence electrons. The van der Waals surface area contributed by atoms with Gasteiger partial charge >= 0.3 is 5.69 Å². The molecule has 0 aliphatic heterocycles. The second-order valence-electron chi connectivity index (χ2n) is 3.87. The zero-order chi connectivity index (χ0) is 13.3. The summed E-state index contributed by atoms with van der Waals surface area (Å²) >= 11 is 0. The van der Waals surface area contributed by atoms with Crippen LogP contribution in [0.25, 0.3) is 10.8 Å². The number of hydrogen-bond donors (Lipinski definition) is 0. The highest BCUT2D eigenvalue weighted by molar-refractivity contribution is 6.01. The lowest BCUT2D eigenvalue weighted by Crippen LogP contribution is -1.96. The van der Waals surface area contributed by atoms with Crippen molar-refractivity contribution in [2.45, 2.75) is 6.92 Å². The summed E-state index contributed by atoms with van der Waals surface area (Å²) in [5, 5.41) is 12.2. The normalized spacial score (nSPS) is 10.3. The molecule has 0 saturated heterocycles. The summed E-state index contributed by atoms with van der Waals surface area (Å²) in [6.07, 6.45) is 0. The molecule has 0 aromatic heterocycles. The van der Waals surface area contributed by atoms with E-state index in [0.717, 1.165) is 0 Å². The summed E-state index contributed by atoms with van der Waals surface area (Å²) in [4.78, 5) is 21.9. The van der Waals surface area contributed by atoms with Crippen LogP contribution in [0.4, 0.5) is 5.69 Å². The van der Waals surface area contributed by atoms with Gasteiger partial charge in [-0.1, -0.05) is 12.1 Å². The van der Waals surface area contributed by atoms with Crippen LogP contribution in [0.15, 0.2) is 30.3 Å². The minimum absolute atomic E-state index is 0.0737. The molecule has 0 bridgehead atoms. The molecule has 2 aromatic rings. The van der Waals surface area contributed by atoms with Crippen molar-refractivity contribution in [3.63, 3.8) is 0 Å². The van der Waals surface area contributed by atoms with Crippen molar-refractivity contribution < 1.29 is 14.5 Å². The number of fused-ring (bicyclic) bond motifs is 1. The highest BCUT2D eigenvalue weighted by atomic mass is 16.6. The lowest BCUT2D eigenvalue weighted by atomic mass is 10.0. The molecule has 5 heteroatoms. The molecule has 0 unspecified atom stereocenters. The SMILES string of the molecule is COc1ccc2cc(C(C)=O)ccc2c1[N+](=O)[O-]. The number of methoxy groups -OCH3 is 1. The predicted molar refractivity (Wildman–Crippen MR) is 67.2 cm³/mol. The Morgan fingerprint density at radius 1 is 1.28 bits per heavy atom. The summed E-state index contributed by atoms with van der Waals surface area (Å²) < 4.78 is 4.98. The van der Waals surface area contributed by atoms with Crippen molar-refractivity contribution in [2.24, 2.45) is 0 Å². The maximum absolute atomic E-state index is 11.3. The standard InChI is InChI=1S/C13H11NO4/c1-8(15)9-3-5-11-10(7-9)4-6-12(18-2)13(11)14(16)17/h3-7H,1-2H3. The van der Waals surface area contributed by atoms with Gasteiger partial charge in [0, 0.05) is 5.56 Å². The first-order valence-electron chi connectivity index (χ1n) is 5.30. The van der Waals surface area contributed by atoms with Crippen LogP contribution in [-0.2, 0) is 0 Å². The second kappa shape index (κ2) is 4.44. The van der Waals surface area contributed by atoms with Crippen molar-refractivity contribution in [1.82, 2.24) is 0 Å². The molecule has 0 atom stereocenters. The fraction of sp³-hybridized carbons (Fsp3) is 0.154. The van der Waals surface area contributed by atoms with Gasteiger partial charge in [0.2, 0.25) is 0 Å². The maximum atomic E-state index is 11.3. The molecule has 5 nitrogen and oxygen atoms in total.